The SMILES string of the molecule is Brc1cccc(Oc2ncc3ccccc3n2)c1. The minimum absolute atomic E-state index is 0.354. The lowest BCUT2D eigenvalue weighted by molar-refractivity contribution is 0.444. The maximum absolute atomic E-state index is 5.62. The Bertz CT molecular complexity index is 700. The van der Waals surface area contributed by atoms with Gasteiger partial charge in [-0.05, 0) is 24.3 Å². The fourth-order valence-corrected chi connectivity index (χ4v) is 2.02. The maximum atomic E-state index is 5.62. The lowest BCUT2D eigenvalue weighted by Gasteiger charge is -2.04. The molecule has 0 saturated carbocycles. The van der Waals surface area contributed by atoms with Gasteiger partial charge in [-0.25, -0.2) is 4.98 Å². The molecule has 0 aliphatic rings. The van der Waals surface area contributed by atoms with Crippen LogP contribution in [0.5, 0.6) is 11.8 Å². The molecule has 4 heteroatoms. The van der Waals surface area contributed by atoms with Gasteiger partial charge in [-0.2, -0.15) is 4.98 Å². The second kappa shape index (κ2) is 4.74. The van der Waals surface area contributed by atoms with Crippen molar-refractivity contribution < 1.29 is 4.74 Å². The third kappa shape index (κ3) is 2.33. The summed E-state index contributed by atoms with van der Waals surface area (Å²) < 4.78 is 6.57. The lowest BCUT2D eigenvalue weighted by Crippen LogP contribution is -1.91. The first kappa shape index (κ1) is 11.2. The number of para-hydroxylation sites is 1. The predicted molar refractivity (Wildman–Crippen MR) is 73.8 cm³/mol. The van der Waals surface area contributed by atoms with Crippen molar-refractivity contribution in [1.29, 1.82) is 0 Å². The van der Waals surface area contributed by atoms with Crippen LogP contribution >= 0.6 is 15.9 Å². The second-order valence-corrected chi connectivity index (χ2v) is 4.69. The summed E-state index contributed by atoms with van der Waals surface area (Å²) in [7, 11) is 0. The number of rotatable bonds is 2. The Morgan fingerprint density at radius 3 is 2.78 bits per heavy atom. The summed E-state index contributed by atoms with van der Waals surface area (Å²) in [6.07, 6.45) is 1.76. The molecule has 3 nitrogen and oxygen atoms in total. The van der Waals surface area contributed by atoms with Crippen LogP contribution in [0.3, 0.4) is 0 Å². The molecule has 0 unspecified atom stereocenters. The van der Waals surface area contributed by atoms with E-state index in [-0.39, 0.29) is 0 Å². The summed E-state index contributed by atoms with van der Waals surface area (Å²) in [5, 5.41) is 0.999. The molecule has 88 valence electrons. The average Bonchev–Trinajstić information content (AvgIpc) is 2.39. The Morgan fingerprint density at radius 2 is 1.89 bits per heavy atom. The number of hydrogen-bond acceptors (Lipinski definition) is 3. The number of nitrogens with zero attached hydrogens (tertiary/aromatic N) is 2. The van der Waals surface area contributed by atoms with Crippen LogP contribution in [0.4, 0.5) is 0 Å². The zero-order valence-electron chi connectivity index (χ0n) is 9.38. The highest BCUT2D eigenvalue weighted by Gasteiger charge is 2.02. The molecule has 0 atom stereocenters. The quantitative estimate of drug-likeness (QED) is 0.712. The molecule has 0 aliphatic carbocycles. The molecule has 0 spiro atoms. The highest BCUT2D eigenvalue weighted by atomic mass is 79.9. The number of aromatic nitrogens is 2. The van der Waals surface area contributed by atoms with E-state index < -0.39 is 0 Å². The van der Waals surface area contributed by atoms with E-state index in [2.05, 4.69) is 25.9 Å². The molecule has 18 heavy (non-hydrogen) atoms. The van der Waals surface area contributed by atoms with Crippen LogP contribution in [0.25, 0.3) is 10.9 Å². The van der Waals surface area contributed by atoms with Gasteiger partial charge < -0.3 is 4.74 Å². The van der Waals surface area contributed by atoms with Crippen molar-refractivity contribution in [2.24, 2.45) is 0 Å². The average molecular weight is 301 g/mol. The number of hydrogen-bond donors (Lipinski definition) is 0. The zero-order valence-corrected chi connectivity index (χ0v) is 11.0. The standard InChI is InChI=1S/C14H9BrN2O/c15-11-5-3-6-12(8-11)18-14-16-9-10-4-1-2-7-13(10)17-14/h1-9H. The molecule has 3 aromatic rings. The van der Waals surface area contributed by atoms with E-state index >= 15 is 0 Å². The molecule has 0 amide bonds. The zero-order chi connectivity index (χ0) is 12.4. The van der Waals surface area contributed by atoms with Crippen LogP contribution in [-0.4, -0.2) is 9.97 Å². The van der Waals surface area contributed by atoms with Gasteiger partial charge in [0.15, 0.2) is 0 Å². The fourth-order valence-electron chi connectivity index (χ4n) is 1.64. The number of fused-ring (bicyclic) bond motifs is 1. The van der Waals surface area contributed by atoms with Crippen molar-refractivity contribution in [3.8, 4) is 11.8 Å². The van der Waals surface area contributed by atoms with Gasteiger partial charge >= 0.3 is 6.01 Å². The minimum atomic E-state index is 0.354. The van der Waals surface area contributed by atoms with Crippen LogP contribution in [0.1, 0.15) is 0 Å². The molecule has 1 aromatic heterocycles. The van der Waals surface area contributed by atoms with Gasteiger partial charge in [-0.1, -0.05) is 40.2 Å². The van der Waals surface area contributed by atoms with Crippen molar-refractivity contribution >= 4 is 26.8 Å². The van der Waals surface area contributed by atoms with E-state index in [1.165, 1.54) is 0 Å². The summed E-state index contributed by atoms with van der Waals surface area (Å²) in [5.74, 6) is 0.708. The van der Waals surface area contributed by atoms with Crippen molar-refractivity contribution in [2.45, 2.75) is 0 Å². The summed E-state index contributed by atoms with van der Waals surface area (Å²) in [6.45, 7) is 0. The van der Waals surface area contributed by atoms with Crippen molar-refractivity contribution in [3.63, 3.8) is 0 Å². The van der Waals surface area contributed by atoms with E-state index in [9.17, 15) is 0 Å². The van der Waals surface area contributed by atoms with Gasteiger partial charge in [0.2, 0.25) is 0 Å². The number of ether oxygens (including phenoxy) is 1. The molecule has 3 rings (SSSR count). The summed E-state index contributed by atoms with van der Waals surface area (Å²) in [6, 6.07) is 15.7. The number of halogens is 1. The smallest absolute Gasteiger partial charge is 0.322 e. The fraction of sp³-hybridized carbons (Fsp3) is 0. The lowest BCUT2D eigenvalue weighted by atomic mass is 10.2. The largest absolute Gasteiger partial charge is 0.424 e. The van der Waals surface area contributed by atoms with Crippen LogP contribution in [0.2, 0.25) is 0 Å². The summed E-state index contributed by atoms with van der Waals surface area (Å²) in [5.41, 5.74) is 0.873. The molecule has 2 aromatic carbocycles. The molecule has 0 saturated heterocycles. The van der Waals surface area contributed by atoms with Gasteiger partial charge in [-0.3, -0.25) is 0 Å². The first-order valence-corrected chi connectivity index (χ1v) is 6.26. The molecule has 0 aliphatic heterocycles. The van der Waals surface area contributed by atoms with Gasteiger partial charge in [0, 0.05) is 16.1 Å². The van der Waals surface area contributed by atoms with Crippen LogP contribution < -0.4 is 4.74 Å². The maximum Gasteiger partial charge on any atom is 0.322 e. The second-order valence-electron chi connectivity index (χ2n) is 3.77. The Hall–Kier alpha value is -1.94. The van der Waals surface area contributed by atoms with Crippen molar-refractivity contribution in [1.82, 2.24) is 9.97 Å². The van der Waals surface area contributed by atoms with E-state index in [0.717, 1.165) is 15.4 Å². The highest BCUT2D eigenvalue weighted by Crippen LogP contribution is 2.22. The molecule has 0 N–H and O–H groups in total. The van der Waals surface area contributed by atoms with Gasteiger partial charge in [0.05, 0.1) is 5.52 Å². The Labute approximate surface area is 113 Å². The first-order valence-electron chi connectivity index (χ1n) is 5.46. The van der Waals surface area contributed by atoms with Crippen LogP contribution in [0.15, 0.2) is 59.2 Å². The predicted octanol–water partition coefficient (Wildman–Crippen LogP) is 4.18. The molecular weight excluding hydrogens is 292 g/mol. The number of benzene rings is 2. The van der Waals surface area contributed by atoms with E-state index in [4.69, 9.17) is 4.74 Å². The topological polar surface area (TPSA) is 35.0 Å². The minimum Gasteiger partial charge on any atom is -0.424 e. The van der Waals surface area contributed by atoms with E-state index in [1.807, 2.05) is 48.5 Å². The van der Waals surface area contributed by atoms with E-state index in [1.54, 1.807) is 6.20 Å². The first-order chi connectivity index (χ1) is 8.81. The highest BCUT2D eigenvalue weighted by molar-refractivity contribution is 9.10. The third-order valence-corrected chi connectivity index (χ3v) is 2.97. The molecule has 0 bridgehead atoms. The van der Waals surface area contributed by atoms with Gasteiger partial charge in [-0.15, -0.1) is 0 Å². The summed E-state index contributed by atoms with van der Waals surface area (Å²) in [4.78, 5) is 8.53. The molecule has 0 fully saturated rings. The van der Waals surface area contributed by atoms with Gasteiger partial charge in [0.1, 0.15) is 5.75 Å². The Balaban J connectivity index is 1.95. The van der Waals surface area contributed by atoms with Crippen molar-refractivity contribution in [3.05, 3.63) is 59.2 Å². The normalized spacial score (nSPS) is 10.5. The summed E-state index contributed by atoms with van der Waals surface area (Å²) >= 11 is 3.39. The monoisotopic (exact) mass is 300 g/mol. The molecule has 0 radical (unpaired) electrons. The van der Waals surface area contributed by atoms with Crippen LogP contribution in [-0.2, 0) is 0 Å². The third-order valence-electron chi connectivity index (χ3n) is 2.47. The Kier molecular flexibility index (Phi) is 2.94. The van der Waals surface area contributed by atoms with E-state index in [0.29, 0.717) is 11.8 Å². The van der Waals surface area contributed by atoms with Gasteiger partial charge in [0.25, 0.3) is 0 Å². The Morgan fingerprint density at radius 1 is 1.00 bits per heavy atom. The molecular formula is C14H9BrN2O. The van der Waals surface area contributed by atoms with Crippen molar-refractivity contribution in [2.75, 3.05) is 0 Å². The van der Waals surface area contributed by atoms with Crippen LogP contribution in [0, 0.1) is 0 Å². The molecule has 1 heterocycles.